The number of ether oxygens (including phenoxy) is 1. The van der Waals surface area contributed by atoms with Crippen molar-refractivity contribution < 1.29 is 93.3 Å². The van der Waals surface area contributed by atoms with Gasteiger partial charge in [0.1, 0.15) is 65.6 Å². The van der Waals surface area contributed by atoms with Gasteiger partial charge in [0.05, 0.1) is 43.8 Å². The minimum atomic E-state index is -5.44. The summed E-state index contributed by atoms with van der Waals surface area (Å²) in [7, 11) is 11.2. The van der Waals surface area contributed by atoms with Crippen LogP contribution in [0.4, 0.5) is 30.7 Å². The first-order valence-corrected chi connectivity index (χ1v) is 38.9. The van der Waals surface area contributed by atoms with Gasteiger partial charge >= 0.3 is 6.18 Å². The summed E-state index contributed by atoms with van der Waals surface area (Å²) in [5.74, 6) is -13.5. The molecular formula is C79H115F7N12O13. The predicted octanol–water partition coefficient (Wildman–Crippen LogP) is 6.33. The first-order chi connectivity index (χ1) is 52.3. The van der Waals surface area contributed by atoms with Crippen molar-refractivity contribution in [2.45, 2.75) is 241 Å². The Morgan fingerprint density at radius 1 is 0.703 bits per heavy atom. The summed E-state index contributed by atoms with van der Waals surface area (Å²) in [6.07, 6.45) is -2.66. The third-order valence-electron chi connectivity index (χ3n) is 23.1. The second-order valence-corrected chi connectivity index (χ2v) is 31.3. The van der Waals surface area contributed by atoms with Gasteiger partial charge in [0.25, 0.3) is 6.43 Å². The molecule has 618 valence electrons. The van der Waals surface area contributed by atoms with Crippen LogP contribution >= 0.6 is 0 Å². The maximum absolute atomic E-state index is 15.6. The molecular weight excluding hydrogens is 1460 g/mol. The number of amides is 11. The quantitative estimate of drug-likeness (QED) is 0.0908. The normalized spacial score (nSPS) is 26.1. The van der Waals surface area contributed by atoms with E-state index in [1.54, 1.807) is 26.0 Å². The van der Waals surface area contributed by atoms with E-state index in [0.717, 1.165) is 51.5 Å². The molecule has 0 bridgehead atoms. The van der Waals surface area contributed by atoms with Crippen LogP contribution in [0.1, 0.15) is 165 Å². The zero-order chi connectivity index (χ0) is 82.1. The maximum atomic E-state index is 15.6. The SMILES string of the molecule is CCC(O)[C@@H]1CC=CCCN[C@@H](Cc2ccc(C)cc2)C(=O)N(C)CC(=O)N[C@@H](CCc2cc(F)c(C(F)(F)F)c(F)c2)C(=O)N2CC[C@H](OCC(F)F)[C@H]2C(=O)NC2(CCC2)C(=O)N(C)[C@@H](C2CCCC2)C(=O)N(C)[C@H](C(=O)N(C)C)CC(=O)N(C)[C@@H](CC2CCCC2)C(=O)N[C@@H]([C@@H](C)CC)C(=O)N(C)CC(=O)N1C. The Morgan fingerprint density at radius 3 is 1.90 bits per heavy atom. The second-order valence-electron chi connectivity index (χ2n) is 31.3. The number of likely N-dealkylation sites (N-methyl/N-ethyl adjacent to an activating group) is 7. The Hall–Kier alpha value is -8.26. The summed E-state index contributed by atoms with van der Waals surface area (Å²) >= 11 is 0. The molecule has 1 spiro atoms. The molecule has 1 saturated heterocycles. The summed E-state index contributed by atoms with van der Waals surface area (Å²) < 4.78 is 106. The van der Waals surface area contributed by atoms with E-state index in [1.165, 1.54) is 80.9 Å². The average molecular weight is 1570 g/mol. The number of hydrogen-bond donors (Lipinski definition) is 5. The van der Waals surface area contributed by atoms with Crippen molar-refractivity contribution in [3.05, 3.63) is 82.4 Å². The summed E-state index contributed by atoms with van der Waals surface area (Å²) in [5.41, 5.74) is -2.75. The van der Waals surface area contributed by atoms with Crippen molar-refractivity contribution in [2.75, 3.05) is 89.2 Å². The number of hydrogen-bond acceptors (Lipinski definition) is 14. The van der Waals surface area contributed by atoms with Crippen molar-refractivity contribution in [3.63, 3.8) is 0 Å². The summed E-state index contributed by atoms with van der Waals surface area (Å²) in [4.78, 5) is 174. The van der Waals surface area contributed by atoms with E-state index in [9.17, 15) is 51.0 Å². The van der Waals surface area contributed by atoms with Gasteiger partial charge in [-0.25, -0.2) is 17.6 Å². The molecule has 11 amide bonds. The molecule has 5 N–H and O–H groups in total. The molecule has 2 aliphatic heterocycles. The lowest BCUT2D eigenvalue weighted by molar-refractivity contribution is -0.158. The van der Waals surface area contributed by atoms with Crippen LogP contribution in [0.5, 0.6) is 0 Å². The van der Waals surface area contributed by atoms with Crippen LogP contribution in [0.3, 0.4) is 0 Å². The Morgan fingerprint density at radius 2 is 1.32 bits per heavy atom. The highest BCUT2D eigenvalue weighted by Crippen LogP contribution is 2.40. The van der Waals surface area contributed by atoms with Crippen LogP contribution < -0.4 is 21.3 Å². The smallest absolute Gasteiger partial charge is 0.391 e. The Balaban J connectivity index is 1.30. The number of alkyl halides is 5. The standard InChI is InChI=1S/C79H115F7N12O13/c1-13-48(4)67-75(108)93(8)45-65(102)94(9)57(60(99)14-2)27-16-15-21-37-87-56(41-50-30-28-47(3)29-31-50)72(105)92(7)44-63(100)88-55(33-32-51-39-53(80)66(54(81)40-51)79(84,85)86)73(106)98-38-34-61(111-46-62(82)83)69(98)71(104)90-78(35-22-36-78)77(110)97(12)68(52-25-19-20-26-52)76(109)96(11)59(74(107)91(5)6)43-64(101)95(10)58(70(103)89-67)42-49-23-17-18-24-49/h15-16,28-31,39-40,48-49,52,55-62,67-69,87,99H,13-14,17-27,32-38,41-46H2,1-12H3,(H,88,100)(H,89,103)(H,90,104)/t48-,55-,56-,57-,58-,59-,60?,61-,67-,68-,69-/m0/s1. The van der Waals surface area contributed by atoms with Crippen molar-refractivity contribution >= 4 is 65.0 Å². The largest absolute Gasteiger partial charge is 0.422 e. The third-order valence-corrected chi connectivity index (χ3v) is 23.1. The van der Waals surface area contributed by atoms with Crippen molar-refractivity contribution in [1.29, 1.82) is 0 Å². The predicted molar refractivity (Wildman–Crippen MR) is 398 cm³/mol. The summed E-state index contributed by atoms with van der Waals surface area (Å²) in [5, 5.41) is 22.9. The molecule has 2 aromatic carbocycles. The molecule has 5 aliphatic rings. The highest BCUT2D eigenvalue weighted by molar-refractivity contribution is 6.00. The van der Waals surface area contributed by atoms with E-state index in [2.05, 4.69) is 21.3 Å². The lowest BCUT2D eigenvalue weighted by atomic mass is 9.74. The topological polar surface area (TPSA) is 291 Å². The van der Waals surface area contributed by atoms with Gasteiger partial charge in [0, 0.05) is 62.9 Å². The maximum Gasteiger partial charge on any atom is 0.422 e. The van der Waals surface area contributed by atoms with Gasteiger partial charge in [-0.05, 0) is 138 Å². The van der Waals surface area contributed by atoms with Gasteiger partial charge in [-0.2, -0.15) is 13.2 Å². The van der Waals surface area contributed by atoms with Crippen LogP contribution in [0.15, 0.2) is 48.6 Å². The number of nitrogens with zero attached hydrogens (tertiary/aromatic N) is 8. The van der Waals surface area contributed by atoms with Gasteiger partial charge in [-0.3, -0.25) is 52.7 Å². The number of carbonyl (C=O) groups is 11. The van der Waals surface area contributed by atoms with E-state index in [1.807, 2.05) is 38.1 Å². The summed E-state index contributed by atoms with van der Waals surface area (Å²) in [6, 6.07) is -2.58. The molecule has 111 heavy (non-hydrogen) atoms. The van der Waals surface area contributed by atoms with Gasteiger partial charge in [0.2, 0.25) is 65.0 Å². The molecule has 11 atom stereocenters. The third kappa shape index (κ3) is 23.2. The molecule has 2 aromatic rings. The number of fused-ring (bicyclic) bond motifs is 1. The van der Waals surface area contributed by atoms with E-state index in [4.69, 9.17) is 4.74 Å². The Kier molecular flexibility index (Phi) is 32.8. The molecule has 4 fully saturated rings. The number of nitrogens with one attached hydrogen (secondary N) is 4. The zero-order valence-corrected chi connectivity index (χ0v) is 66.2. The highest BCUT2D eigenvalue weighted by atomic mass is 19.4. The van der Waals surface area contributed by atoms with Gasteiger partial charge in [-0.15, -0.1) is 0 Å². The molecule has 3 saturated carbocycles. The molecule has 25 nitrogen and oxygen atoms in total. The van der Waals surface area contributed by atoms with E-state index in [0.29, 0.717) is 57.1 Å². The molecule has 3 aliphatic carbocycles. The van der Waals surface area contributed by atoms with Crippen molar-refractivity contribution in [1.82, 2.24) is 60.5 Å². The fourth-order valence-corrected chi connectivity index (χ4v) is 16.0. The van der Waals surface area contributed by atoms with Crippen molar-refractivity contribution in [3.8, 4) is 0 Å². The van der Waals surface area contributed by atoms with Gasteiger partial charge < -0.3 is 70.3 Å². The average Bonchev–Trinajstić information content (AvgIpc) is 1.72. The van der Waals surface area contributed by atoms with E-state index in [-0.39, 0.29) is 63.0 Å². The molecule has 32 heteroatoms. The van der Waals surface area contributed by atoms with Crippen LogP contribution in [0, 0.1) is 36.3 Å². The Labute approximate surface area is 646 Å². The van der Waals surface area contributed by atoms with Crippen molar-refractivity contribution in [2.24, 2.45) is 17.8 Å². The number of rotatable bonds is 16. The highest BCUT2D eigenvalue weighted by Gasteiger charge is 2.54. The summed E-state index contributed by atoms with van der Waals surface area (Å²) in [6.45, 7) is 4.54. The monoisotopic (exact) mass is 1570 g/mol. The number of benzene rings is 2. The molecule has 0 aromatic heterocycles. The fraction of sp³-hybridized carbons (Fsp3) is 0.684. The first kappa shape index (κ1) is 89.9. The Bertz CT molecular complexity index is 3590. The number of aliphatic hydroxyl groups is 1. The second kappa shape index (κ2) is 40.5. The van der Waals surface area contributed by atoms with Gasteiger partial charge in [0.15, 0.2) is 0 Å². The van der Waals surface area contributed by atoms with E-state index < -0.39 is 218 Å². The number of carbonyl (C=O) groups excluding carboxylic acids is 11. The van der Waals surface area contributed by atoms with E-state index >= 15 is 37.5 Å². The minimum Gasteiger partial charge on any atom is -0.391 e. The van der Waals surface area contributed by atoms with Crippen LogP contribution in [0.2, 0.25) is 0 Å². The molecule has 0 radical (unpaired) electrons. The number of aryl methyl sites for hydroxylation is 2. The number of aliphatic hydroxyl groups excluding tert-OH is 1. The fourth-order valence-electron chi connectivity index (χ4n) is 16.0. The minimum absolute atomic E-state index is 0.0141. The van der Waals surface area contributed by atoms with Gasteiger partial charge in [-0.1, -0.05) is 108 Å². The molecule has 2 heterocycles. The molecule has 1 unspecified atom stereocenters. The van der Waals surface area contributed by atoms with Crippen LogP contribution in [0.25, 0.3) is 0 Å². The number of halogens is 7. The first-order valence-electron chi connectivity index (χ1n) is 38.9. The zero-order valence-electron chi connectivity index (χ0n) is 66.2. The van der Waals surface area contributed by atoms with Crippen LogP contribution in [-0.2, 0) is 76.5 Å². The lowest BCUT2D eigenvalue weighted by Gasteiger charge is -2.47. The molecule has 7 rings (SSSR count). The lowest BCUT2D eigenvalue weighted by Crippen LogP contribution is -2.69. The van der Waals surface area contributed by atoms with Crippen LogP contribution in [-0.4, -0.2) is 271 Å².